The first-order valence-electron chi connectivity index (χ1n) is 28.4. The highest BCUT2D eigenvalue weighted by Gasteiger charge is 2.53. The van der Waals surface area contributed by atoms with Crippen LogP contribution in [0.2, 0.25) is 0 Å². The van der Waals surface area contributed by atoms with Gasteiger partial charge in [-0.2, -0.15) is 0 Å². The van der Waals surface area contributed by atoms with E-state index in [9.17, 15) is 0 Å². The Kier molecular flexibility index (Phi) is 9.14. The van der Waals surface area contributed by atoms with E-state index in [1.165, 1.54) is 144 Å². The lowest BCUT2D eigenvalue weighted by Gasteiger charge is -2.31. The molecule has 4 aliphatic carbocycles. The summed E-state index contributed by atoms with van der Waals surface area (Å²) in [6.07, 6.45) is 0. The van der Waals surface area contributed by atoms with Crippen molar-refractivity contribution in [1.82, 2.24) is 4.57 Å². The van der Waals surface area contributed by atoms with Gasteiger partial charge in [-0.1, -0.05) is 261 Å². The lowest BCUT2D eigenvalue weighted by Crippen LogP contribution is -2.25. The Morgan fingerprint density at radius 3 is 0.889 bits per heavy atom. The molecule has 0 unspecified atom stereocenters. The second-order valence-corrected chi connectivity index (χ2v) is 22.5. The third kappa shape index (κ3) is 5.79. The highest BCUT2D eigenvalue weighted by Crippen LogP contribution is 2.65. The van der Waals surface area contributed by atoms with Crippen molar-refractivity contribution in [2.75, 3.05) is 0 Å². The molecule has 374 valence electrons. The Morgan fingerprint density at radius 2 is 0.506 bits per heavy atom. The van der Waals surface area contributed by atoms with Gasteiger partial charge >= 0.3 is 0 Å². The Labute approximate surface area is 471 Å². The molecular weight excluding hydrogens is 975 g/mol. The Bertz CT molecular complexity index is 4810. The summed E-state index contributed by atoms with van der Waals surface area (Å²) in [6.45, 7) is 0. The predicted molar refractivity (Wildman–Crippen MR) is 335 cm³/mol. The summed E-state index contributed by atoms with van der Waals surface area (Å²) in [5.74, 6) is 0. The monoisotopic (exact) mass is 1020 g/mol. The van der Waals surface area contributed by atoms with Crippen LogP contribution in [0.3, 0.4) is 0 Å². The minimum Gasteiger partial charge on any atom is -0.309 e. The standard InChI is InChI=1S/C80H49N/c1-3-21-50(22-4-1)75-45-46-76(51-23-5-2-6-24-51)81(75)54-41-44-65-66(49-54)78(53-40-43-62-60-30-14-20-38-72(60)80(74(62)48-53)69-35-17-11-27-57(69)58-28-12-18-36-70(58)80)64-32-8-7-31-63(64)77(65)52-39-42-61-59-29-13-19-37-71(59)79(73(61)47-52)67-33-15-9-25-55(67)56-26-10-16-34-68(56)79/h1-49H. The van der Waals surface area contributed by atoms with Crippen LogP contribution in [0.15, 0.2) is 297 Å². The first kappa shape index (κ1) is 44.6. The van der Waals surface area contributed by atoms with E-state index in [0.29, 0.717) is 0 Å². The highest BCUT2D eigenvalue weighted by atomic mass is 15.0. The Morgan fingerprint density at radius 1 is 0.198 bits per heavy atom. The Hall–Kier alpha value is -10.3. The largest absolute Gasteiger partial charge is 0.309 e. The van der Waals surface area contributed by atoms with Crippen molar-refractivity contribution in [3.63, 3.8) is 0 Å². The summed E-state index contributed by atoms with van der Waals surface area (Å²) in [7, 11) is 0. The summed E-state index contributed by atoms with van der Waals surface area (Å²) >= 11 is 0. The number of benzene rings is 13. The number of aromatic nitrogens is 1. The average Bonchev–Trinajstić information content (AvgIpc) is 2.53. The zero-order valence-corrected chi connectivity index (χ0v) is 44.2. The minimum absolute atomic E-state index is 0.473. The van der Waals surface area contributed by atoms with Crippen LogP contribution in [0, 0.1) is 0 Å². The first-order valence-corrected chi connectivity index (χ1v) is 28.4. The summed E-state index contributed by atoms with van der Waals surface area (Å²) in [6, 6.07) is 113. The van der Waals surface area contributed by atoms with Gasteiger partial charge in [0.1, 0.15) is 0 Å². The fourth-order valence-corrected chi connectivity index (χ4v) is 15.8. The van der Waals surface area contributed by atoms with Gasteiger partial charge < -0.3 is 4.57 Å². The van der Waals surface area contributed by atoms with E-state index in [2.05, 4.69) is 302 Å². The molecule has 0 saturated carbocycles. The van der Waals surface area contributed by atoms with Gasteiger partial charge in [0.15, 0.2) is 0 Å². The molecule has 0 fully saturated rings. The molecule has 1 nitrogen and oxygen atoms in total. The van der Waals surface area contributed by atoms with Crippen LogP contribution in [0.1, 0.15) is 44.5 Å². The number of rotatable bonds is 5. The normalized spacial score (nSPS) is 13.9. The topological polar surface area (TPSA) is 4.93 Å². The summed E-state index contributed by atoms with van der Waals surface area (Å²) < 4.78 is 2.48. The molecule has 0 amide bonds. The van der Waals surface area contributed by atoms with Crippen molar-refractivity contribution in [3.8, 4) is 95.0 Å². The van der Waals surface area contributed by atoms with Crippen molar-refractivity contribution >= 4 is 21.5 Å². The molecule has 18 rings (SSSR count). The van der Waals surface area contributed by atoms with Gasteiger partial charge in [0.25, 0.3) is 0 Å². The van der Waals surface area contributed by atoms with Crippen LogP contribution in [-0.4, -0.2) is 4.57 Å². The molecule has 81 heavy (non-hydrogen) atoms. The van der Waals surface area contributed by atoms with E-state index in [1.807, 2.05) is 0 Å². The lowest BCUT2D eigenvalue weighted by atomic mass is 9.70. The fourth-order valence-electron chi connectivity index (χ4n) is 15.8. The van der Waals surface area contributed by atoms with E-state index in [4.69, 9.17) is 0 Å². The van der Waals surface area contributed by atoms with Crippen LogP contribution < -0.4 is 0 Å². The van der Waals surface area contributed by atoms with E-state index in [-0.39, 0.29) is 0 Å². The number of nitrogens with zero attached hydrogens (tertiary/aromatic N) is 1. The smallest absolute Gasteiger partial charge is 0.0725 e. The zero-order chi connectivity index (χ0) is 53.0. The van der Waals surface area contributed by atoms with E-state index in [0.717, 1.165) is 17.1 Å². The summed E-state index contributed by atoms with van der Waals surface area (Å²) in [5.41, 5.74) is 30.9. The Balaban J connectivity index is 0.948. The molecule has 14 aromatic rings. The van der Waals surface area contributed by atoms with E-state index < -0.39 is 10.8 Å². The number of fused-ring (bicyclic) bond motifs is 22. The molecule has 4 aliphatic rings. The second-order valence-electron chi connectivity index (χ2n) is 22.5. The summed E-state index contributed by atoms with van der Waals surface area (Å²) in [5, 5.41) is 4.88. The highest BCUT2D eigenvalue weighted by molar-refractivity contribution is 6.22. The van der Waals surface area contributed by atoms with Crippen molar-refractivity contribution in [3.05, 3.63) is 342 Å². The van der Waals surface area contributed by atoms with Crippen LogP contribution in [0.4, 0.5) is 0 Å². The van der Waals surface area contributed by atoms with Gasteiger partial charge in [0.2, 0.25) is 0 Å². The maximum absolute atomic E-state index is 2.58. The molecule has 0 radical (unpaired) electrons. The van der Waals surface area contributed by atoms with Gasteiger partial charge in [-0.15, -0.1) is 0 Å². The molecule has 0 atom stereocenters. The maximum Gasteiger partial charge on any atom is 0.0725 e. The van der Waals surface area contributed by atoms with Crippen LogP contribution in [0.25, 0.3) is 117 Å². The van der Waals surface area contributed by atoms with Gasteiger partial charge in [-0.3, -0.25) is 0 Å². The number of hydrogen-bond donors (Lipinski definition) is 0. The third-order valence-electron chi connectivity index (χ3n) is 18.9. The van der Waals surface area contributed by atoms with Crippen molar-refractivity contribution in [2.24, 2.45) is 0 Å². The predicted octanol–water partition coefficient (Wildman–Crippen LogP) is 20.1. The van der Waals surface area contributed by atoms with Crippen molar-refractivity contribution in [2.45, 2.75) is 10.8 Å². The lowest BCUT2D eigenvalue weighted by molar-refractivity contribution is 0.794. The van der Waals surface area contributed by atoms with E-state index >= 15 is 0 Å². The third-order valence-corrected chi connectivity index (χ3v) is 18.9. The average molecular weight is 1020 g/mol. The molecule has 0 saturated heterocycles. The van der Waals surface area contributed by atoms with Gasteiger partial charge in [0.05, 0.1) is 22.2 Å². The van der Waals surface area contributed by atoms with E-state index in [1.54, 1.807) is 0 Å². The SMILES string of the molecule is c1ccc(-c2ccc(-c3ccccc3)n2-c2ccc3c(-c4ccc5c(c4)C4(c6ccccc6-c6ccccc64)c4ccccc4-5)c4ccccc4c(-c4ccc5c(c4)C4(c6ccccc6-c6ccccc64)c4ccccc4-5)c3c2)cc1. The first-order chi connectivity index (χ1) is 40.2. The van der Waals surface area contributed by atoms with Crippen molar-refractivity contribution < 1.29 is 0 Å². The van der Waals surface area contributed by atoms with Crippen LogP contribution in [0.5, 0.6) is 0 Å². The second kappa shape index (κ2) is 16.6. The zero-order valence-electron chi connectivity index (χ0n) is 44.2. The molecule has 1 heteroatoms. The summed E-state index contributed by atoms with van der Waals surface area (Å²) in [4.78, 5) is 0. The minimum atomic E-state index is -0.485. The molecule has 0 N–H and O–H groups in total. The van der Waals surface area contributed by atoms with Crippen LogP contribution in [-0.2, 0) is 10.8 Å². The fraction of sp³-hybridized carbons (Fsp3) is 0.0250. The van der Waals surface area contributed by atoms with Crippen molar-refractivity contribution in [1.29, 1.82) is 0 Å². The number of hydrogen-bond acceptors (Lipinski definition) is 0. The molecule has 1 aromatic heterocycles. The molecule has 2 spiro atoms. The molecule has 0 aliphatic heterocycles. The molecule has 0 bridgehead atoms. The van der Waals surface area contributed by atoms with Crippen LogP contribution >= 0.6 is 0 Å². The quantitative estimate of drug-likeness (QED) is 0.151. The van der Waals surface area contributed by atoms with Gasteiger partial charge in [-0.25, -0.2) is 0 Å². The van der Waals surface area contributed by atoms with Gasteiger partial charge in [0, 0.05) is 5.69 Å². The molecule has 1 heterocycles. The maximum atomic E-state index is 2.58. The molecule has 13 aromatic carbocycles. The van der Waals surface area contributed by atoms with Gasteiger partial charge in [-0.05, 0) is 180 Å². The molecular formula is C80H49N.